The number of halogens is 1. The molecule has 0 saturated carbocycles. The molecule has 0 saturated heterocycles. The predicted molar refractivity (Wildman–Crippen MR) is 48.2 cm³/mol. The lowest BCUT2D eigenvalue weighted by Crippen LogP contribution is -1.85. The summed E-state index contributed by atoms with van der Waals surface area (Å²) in [5.41, 5.74) is 0.703. The van der Waals surface area contributed by atoms with E-state index in [4.69, 9.17) is 0 Å². The van der Waals surface area contributed by atoms with Crippen LogP contribution in [0.2, 0.25) is 0 Å². The largest absolute Gasteiger partial charge is 0.542 e. The lowest BCUT2D eigenvalue weighted by Gasteiger charge is -1.92. The molecule has 0 amide bonds. The highest BCUT2D eigenvalue weighted by Crippen LogP contribution is 2.18. The molecular formula is C8H4BrNO3. The van der Waals surface area contributed by atoms with E-state index in [1.807, 2.05) is 12.1 Å². The van der Waals surface area contributed by atoms with Gasteiger partial charge in [0.1, 0.15) is 0 Å². The number of rotatable bonds is 1. The average molecular weight is 242 g/mol. The van der Waals surface area contributed by atoms with Crippen molar-refractivity contribution in [3.63, 3.8) is 0 Å². The number of hydrogen-bond donors (Lipinski definition) is 0. The monoisotopic (exact) mass is 241 g/mol. The third-order valence-corrected chi connectivity index (χ3v) is 2.00. The molecule has 2 rings (SSSR count). The van der Waals surface area contributed by atoms with Crippen LogP contribution in [0.3, 0.4) is 0 Å². The van der Waals surface area contributed by atoms with E-state index in [0.29, 0.717) is 5.56 Å². The molecule has 0 aliphatic rings. The minimum absolute atomic E-state index is 0.192. The van der Waals surface area contributed by atoms with Gasteiger partial charge in [-0.2, -0.15) is 0 Å². The molecule has 0 aliphatic carbocycles. The second-order valence-electron chi connectivity index (χ2n) is 2.35. The molecule has 1 aromatic carbocycles. The summed E-state index contributed by atoms with van der Waals surface area (Å²) >= 11 is 3.29. The molecule has 0 N–H and O–H groups in total. The van der Waals surface area contributed by atoms with Gasteiger partial charge in [0.05, 0.1) is 0 Å². The Morgan fingerprint density at radius 3 is 2.46 bits per heavy atom. The molecule has 0 unspecified atom stereocenters. The molecule has 1 aromatic heterocycles. The highest BCUT2D eigenvalue weighted by atomic mass is 79.9. The van der Waals surface area contributed by atoms with Gasteiger partial charge in [0, 0.05) is 10.0 Å². The molecule has 66 valence electrons. The summed E-state index contributed by atoms with van der Waals surface area (Å²) in [7, 11) is 0. The van der Waals surface area contributed by atoms with Crippen molar-refractivity contribution in [2.24, 2.45) is 0 Å². The van der Waals surface area contributed by atoms with Gasteiger partial charge < -0.3 is 4.42 Å². The minimum Gasteiger partial charge on any atom is -0.370 e. The van der Waals surface area contributed by atoms with Crippen molar-refractivity contribution < 1.29 is 8.94 Å². The normalized spacial score (nSPS) is 10.2. The molecule has 0 spiro atoms. The van der Waals surface area contributed by atoms with E-state index in [2.05, 4.69) is 30.0 Å². The van der Waals surface area contributed by atoms with Crippen LogP contribution in [0.4, 0.5) is 0 Å². The standard InChI is InChI=1S/C8H4BrNO3/c9-6-3-1-5(2-4-6)7-10-13-8(11)12-7/h1-4H. The van der Waals surface area contributed by atoms with Gasteiger partial charge in [-0.05, 0) is 29.4 Å². The highest BCUT2D eigenvalue weighted by molar-refractivity contribution is 9.10. The van der Waals surface area contributed by atoms with Gasteiger partial charge in [-0.3, -0.25) is 4.52 Å². The van der Waals surface area contributed by atoms with E-state index in [9.17, 15) is 4.79 Å². The molecule has 0 bridgehead atoms. The van der Waals surface area contributed by atoms with Crippen molar-refractivity contribution >= 4 is 15.9 Å². The first-order valence-electron chi connectivity index (χ1n) is 3.48. The second-order valence-corrected chi connectivity index (χ2v) is 3.26. The summed E-state index contributed by atoms with van der Waals surface area (Å²) in [6.07, 6.45) is 0. The van der Waals surface area contributed by atoms with Crippen molar-refractivity contribution in [1.29, 1.82) is 0 Å². The Labute approximate surface area is 81.3 Å². The van der Waals surface area contributed by atoms with E-state index in [1.165, 1.54) is 0 Å². The molecule has 0 radical (unpaired) electrons. The van der Waals surface area contributed by atoms with Crippen LogP contribution in [0.15, 0.2) is 42.5 Å². The molecular weight excluding hydrogens is 238 g/mol. The van der Waals surface area contributed by atoms with E-state index in [-0.39, 0.29) is 5.89 Å². The molecule has 2 aromatic rings. The first-order chi connectivity index (χ1) is 6.25. The van der Waals surface area contributed by atoms with Crippen LogP contribution in [0.25, 0.3) is 11.5 Å². The number of hydrogen-bond acceptors (Lipinski definition) is 4. The molecule has 13 heavy (non-hydrogen) atoms. The van der Waals surface area contributed by atoms with Crippen LogP contribution in [0.1, 0.15) is 0 Å². The van der Waals surface area contributed by atoms with Gasteiger partial charge in [0.15, 0.2) is 0 Å². The van der Waals surface area contributed by atoms with Gasteiger partial charge in [-0.1, -0.05) is 15.9 Å². The van der Waals surface area contributed by atoms with Crippen molar-refractivity contribution in [3.8, 4) is 11.5 Å². The van der Waals surface area contributed by atoms with Gasteiger partial charge in [0.25, 0.3) is 5.89 Å². The van der Waals surface area contributed by atoms with Crippen molar-refractivity contribution in [2.45, 2.75) is 0 Å². The summed E-state index contributed by atoms with van der Waals surface area (Å²) in [6.45, 7) is 0. The Morgan fingerprint density at radius 2 is 1.92 bits per heavy atom. The Balaban J connectivity index is 2.47. The van der Waals surface area contributed by atoms with Crippen molar-refractivity contribution in [1.82, 2.24) is 5.16 Å². The fourth-order valence-electron chi connectivity index (χ4n) is 0.899. The van der Waals surface area contributed by atoms with Crippen LogP contribution >= 0.6 is 15.9 Å². The SMILES string of the molecule is O=c1onc(-c2ccc(Br)cc2)o1. The van der Waals surface area contributed by atoms with E-state index in [1.54, 1.807) is 12.1 Å². The van der Waals surface area contributed by atoms with Crippen LogP contribution in [-0.2, 0) is 0 Å². The fraction of sp³-hybridized carbons (Fsp3) is 0. The zero-order valence-electron chi connectivity index (χ0n) is 6.36. The third-order valence-electron chi connectivity index (χ3n) is 1.47. The van der Waals surface area contributed by atoms with Crippen LogP contribution in [0.5, 0.6) is 0 Å². The summed E-state index contributed by atoms with van der Waals surface area (Å²) in [5.74, 6) is -0.601. The fourth-order valence-corrected chi connectivity index (χ4v) is 1.16. The molecule has 5 heteroatoms. The van der Waals surface area contributed by atoms with E-state index >= 15 is 0 Å². The summed E-state index contributed by atoms with van der Waals surface area (Å²) in [4.78, 5) is 10.5. The number of nitrogens with zero attached hydrogens (tertiary/aromatic N) is 1. The maximum Gasteiger partial charge on any atom is 0.542 e. The first kappa shape index (κ1) is 8.25. The van der Waals surface area contributed by atoms with Crippen molar-refractivity contribution in [2.75, 3.05) is 0 Å². The van der Waals surface area contributed by atoms with Gasteiger partial charge in [-0.25, -0.2) is 4.79 Å². The molecule has 1 heterocycles. The van der Waals surface area contributed by atoms with E-state index < -0.39 is 5.82 Å². The van der Waals surface area contributed by atoms with Gasteiger partial charge >= 0.3 is 5.82 Å². The number of aromatic nitrogens is 1. The average Bonchev–Trinajstić information content (AvgIpc) is 2.53. The van der Waals surface area contributed by atoms with Crippen LogP contribution < -0.4 is 5.82 Å². The summed E-state index contributed by atoms with van der Waals surface area (Å²) in [6, 6.07) is 7.18. The van der Waals surface area contributed by atoms with Gasteiger partial charge in [0.2, 0.25) is 0 Å². The predicted octanol–water partition coefficient (Wildman–Crippen LogP) is 2.06. The maximum absolute atomic E-state index is 10.5. The lowest BCUT2D eigenvalue weighted by molar-refractivity contribution is 0.335. The van der Waals surface area contributed by atoms with Crippen molar-refractivity contribution in [3.05, 3.63) is 39.4 Å². The second kappa shape index (κ2) is 3.18. The molecule has 0 aliphatic heterocycles. The molecule has 4 nitrogen and oxygen atoms in total. The van der Waals surface area contributed by atoms with Crippen LogP contribution in [-0.4, -0.2) is 5.16 Å². The minimum atomic E-state index is -0.794. The zero-order chi connectivity index (χ0) is 9.26. The summed E-state index contributed by atoms with van der Waals surface area (Å²) < 4.78 is 9.87. The topological polar surface area (TPSA) is 56.2 Å². The first-order valence-corrected chi connectivity index (χ1v) is 4.28. The lowest BCUT2D eigenvalue weighted by atomic mass is 10.2. The Morgan fingerprint density at radius 1 is 1.23 bits per heavy atom. The quantitative estimate of drug-likeness (QED) is 0.767. The zero-order valence-corrected chi connectivity index (χ0v) is 7.95. The Hall–Kier alpha value is -1.36. The van der Waals surface area contributed by atoms with E-state index in [0.717, 1.165) is 4.47 Å². The molecule has 0 atom stereocenters. The van der Waals surface area contributed by atoms with Crippen LogP contribution in [0, 0.1) is 0 Å². The third kappa shape index (κ3) is 1.70. The molecule has 0 fully saturated rings. The maximum atomic E-state index is 10.5. The highest BCUT2D eigenvalue weighted by Gasteiger charge is 2.05. The summed E-state index contributed by atoms with van der Waals surface area (Å²) in [5, 5.41) is 3.45. The Kier molecular flexibility index (Phi) is 2.02. The number of benzene rings is 1. The smallest absolute Gasteiger partial charge is 0.370 e. The Bertz CT molecular complexity index is 457. The van der Waals surface area contributed by atoms with Gasteiger partial charge in [-0.15, -0.1) is 0 Å².